The zero-order valence-corrected chi connectivity index (χ0v) is 18.5. The Kier molecular flexibility index (Phi) is 6.69. The molecule has 2 aromatic rings. The third-order valence-electron chi connectivity index (χ3n) is 6.01. The molecule has 8 heteroatoms. The van der Waals surface area contributed by atoms with Crippen molar-refractivity contribution in [3.63, 3.8) is 0 Å². The molecule has 0 saturated heterocycles. The molecule has 0 bridgehead atoms. The van der Waals surface area contributed by atoms with Gasteiger partial charge in [-0.05, 0) is 42.7 Å². The summed E-state index contributed by atoms with van der Waals surface area (Å²) in [5.41, 5.74) is 0.556. The second kappa shape index (κ2) is 9.48. The Morgan fingerprint density at radius 3 is 2.31 bits per heavy atom. The van der Waals surface area contributed by atoms with Crippen LogP contribution in [0.3, 0.4) is 0 Å². The molecule has 1 N–H and O–H groups in total. The molecule has 0 spiro atoms. The summed E-state index contributed by atoms with van der Waals surface area (Å²) in [5, 5.41) is 5.35. The number of hydrogen-bond donors (Lipinski definition) is 1. The molecule has 1 saturated carbocycles. The molecule has 1 amide bonds. The molecule has 2 aliphatic rings. The molecule has 0 radical (unpaired) electrons. The monoisotopic (exact) mass is 461 g/mol. The molecule has 1 aliphatic carbocycles. The van der Waals surface area contributed by atoms with Gasteiger partial charge in [0.15, 0.2) is 0 Å². The van der Waals surface area contributed by atoms with Gasteiger partial charge >= 0.3 is 6.18 Å². The molecular weight excluding hydrogens is 435 g/mol. The van der Waals surface area contributed by atoms with Crippen molar-refractivity contribution in [1.82, 2.24) is 4.72 Å². The molecule has 1 aliphatic heterocycles. The SMILES string of the molecule is C=S(NC(=O)C1CCCCC1)c1ccc(N2N=C(C(F)(F)F)CC2c2ccccc2)cc1. The molecule has 1 heterocycles. The van der Waals surface area contributed by atoms with Gasteiger partial charge in [-0.1, -0.05) is 66.1 Å². The summed E-state index contributed by atoms with van der Waals surface area (Å²) in [5.74, 6) is 4.17. The van der Waals surface area contributed by atoms with Crippen molar-refractivity contribution in [2.75, 3.05) is 5.01 Å². The van der Waals surface area contributed by atoms with E-state index in [1.807, 2.05) is 30.3 Å². The summed E-state index contributed by atoms with van der Waals surface area (Å²) in [6.07, 6.45) is 0.500. The summed E-state index contributed by atoms with van der Waals surface area (Å²) in [4.78, 5) is 13.3. The number of hydrogen-bond acceptors (Lipinski definition) is 3. The van der Waals surface area contributed by atoms with Gasteiger partial charge in [-0.25, -0.2) is 0 Å². The lowest BCUT2D eigenvalue weighted by molar-refractivity contribution is -0.123. The van der Waals surface area contributed by atoms with E-state index in [9.17, 15) is 18.0 Å². The van der Waals surface area contributed by atoms with Crippen LogP contribution in [0.2, 0.25) is 0 Å². The van der Waals surface area contributed by atoms with E-state index < -0.39 is 28.6 Å². The zero-order valence-electron chi connectivity index (χ0n) is 17.6. The first-order chi connectivity index (χ1) is 15.3. The highest BCUT2D eigenvalue weighted by atomic mass is 32.2. The van der Waals surface area contributed by atoms with E-state index in [0.29, 0.717) is 5.69 Å². The molecule has 32 heavy (non-hydrogen) atoms. The standard InChI is InChI=1S/C24H26F3N3OS/c1-32(29-23(31)18-10-6-3-7-11-18)20-14-12-19(13-15-20)30-21(17-8-4-2-5-9-17)16-22(28-30)24(25,26)27/h2,4-5,8-9,12-15,18,21H,1,3,6-7,10-11,16H2,(H,29,31). The average Bonchev–Trinajstić information content (AvgIpc) is 3.26. The fraction of sp³-hybridized carbons (Fsp3) is 0.375. The topological polar surface area (TPSA) is 44.7 Å². The number of alkyl halides is 3. The lowest BCUT2D eigenvalue weighted by Crippen LogP contribution is -2.28. The highest BCUT2D eigenvalue weighted by Gasteiger charge is 2.43. The normalized spacial score (nSPS) is 20.7. The number of nitrogens with one attached hydrogen (secondary N) is 1. The second-order valence-corrected chi connectivity index (χ2v) is 9.66. The lowest BCUT2D eigenvalue weighted by atomic mass is 9.89. The minimum Gasteiger partial charge on any atom is -0.302 e. The molecule has 4 nitrogen and oxygen atoms in total. The number of rotatable bonds is 5. The van der Waals surface area contributed by atoms with Crippen LogP contribution in [-0.2, 0) is 4.79 Å². The Bertz CT molecular complexity index is 999. The Morgan fingerprint density at radius 1 is 1.03 bits per heavy atom. The summed E-state index contributed by atoms with van der Waals surface area (Å²) >= 11 is 0. The van der Waals surface area contributed by atoms with Gasteiger partial charge in [0.1, 0.15) is 5.71 Å². The van der Waals surface area contributed by atoms with Gasteiger partial charge in [0.2, 0.25) is 5.91 Å². The minimum atomic E-state index is -4.47. The summed E-state index contributed by atoms with van der Waals surface area (Å²) in [6, 6.07) is 15.6. The maximum atomic E-state index is 13.4. The van der Waals surface area contributed by atoms with Crippen LogP contribution in [0.25, 0.3) is 0 Å². The largest absolute Gasteiger partial charge is 0.431 e. The molecule has 2 unspecified atom stereocenters. The van der Waals surface area contributed by atoms with E-state index in [1.54, 1.807) is 24.3 Å². The number of amides is 1. The number of halogens is 3. The first-order valence-electron chi connectivity index (χ1n) is 10.8. The smallest absolute Gasteiger partial charge is 0.302 e. The first kappa shape index (κ1) is 22.6. The number of hydrazone groups is 1. The Morgan fingerprint density at radius 2 is 1.69 bits per heavy atom. The zero-order chi connectivity index (χ0) is 22.7. The number of benzene rings is 2. The summed E-state index contributed by atoms with van der Waals surface area (Å²) in [7, 11) is -0.725. The Labute approximate surface area is 188 Å². The van der Waals surface area contributed by atoms with Crippen molar-refractivity contribution < 1.29 is 18.0 Å². The molecule has 2 aromatic carbocycles. The molecule has 4 rings (SSSR count). The molecular formula is C24H26F3N3OS. The Balaban J connectivity index is 1.51. The summed E-state index contributed by atoms with van der Waals surface area (Å²) < 4.78 is 43.1. The van der Waals surface area contributed by atoms with Gasteiger partial charge in [-0.2, -0.15) is 18.3 Å². The van der Waals surface area contributed by atoms with Crippen molar-refractivity contribution in [3.05, 3.63) is 60.2 Å². The van der Waals surface area contributed by atoms with E-state index >= 15 is 0 Å². The van der Waals surface area contributed by atoms with Crippen LogP contribution < -0.4 is 9.73 Å². The van der Waals surface area contributed by atoms with E-state index in [1.165, 1.54) is 11.4 Å². The van der Waals surface area contributed by atoms with Gasteiger partial charge in [0, 0.05) is 17.2 Å². The van der Waals surface area contributed by atoms with E-state index in [0.717, 1.165) is 36.1 Å². The minimum absolute atomic E-state index is 0.0372. The third-order valence-corrected chi connectivity index (χ3v) is 7.30. The predicted octanol–water partition coefficient (Wildman–Crippen LogP) is 6.23. The van der Waals surface area contributed by atoms with Crippen molar-refractivity contribution in [2.24, 2.45) is 11.0 Å². The molecule has 1 fully saturated rings. The fourth-order valence-electron chi connectivity index (χ4n) is 4.25. The van der Waals surface area contributed by atoms with Crippen molar-refractivity contribution in [2.45, 2.75) is 55.6 Å². The quantitative estimate of drug-likeness (QED) is 0.537. The number of carbonyl (C=O) groups is 1. The van der Waals surface area contributed by atoms with Crippen molar-refractivity contribution in [3.8, 4) is 0 Å². The van der Waals surface area contributed by atoms with Crippen molar-refractivity contribution in [1.29, 1.82) is 0 Å². The first-order valence-corrected chi connectivity index (χ1v) is 12.2. The number of carbonyl (C=O) groups excluding carboxylic acids is 1. The van der Waals surface area contributed by atoms with Crippen LogP contribution in [0.15, 0.2) is 64.6 Å². The van der Waals surface area contributed by atoms with Crippen LogP contribution >= 0.6 is 10.7 Å². The highest BCUT2D eigenvalue weighted by Crippen LogP contribution is 2.39. The molecule has 170 valence electrons. The van der Waals surface area contributed by atoms with Crippen LogP contribution in [0.1, 0.15) is 50.1 Å². The van der Waals surface area contributed by atoms with Crippen LogP contribution in [-0.4, -0.2) is 23.7 Å². The fourth-order valence-corrected chi connectivity index (χ4v) is 5.24. The molecule has 2 atom stereocenters. The van der Waals surface area contributed by atoms with E-state index in [4.69, 9.17) is 0 Å². The van der Waals surface area contributed by atoms with E-state index in [2.05, 4.69) is 15.7 Å². The van der Waals surface area contributed by atoms with Gasteiger partial charge in [0.05, 0.1) is 11.7 Å². The van der Waals surface area contributed by atoms with E-state index in [-0.39, 0.29) is 18.2 Å². The summed E-state index contributed by atoms with van der Waals surface area (Å²) in [6.45, 7) is 0. The van der Waals surface area contributed by atoms with Crippen LogP contribution in [0, 0.1) is 5.92 Å². The predicted molar refractivity (Wildman–Crippen MR) is 124 cm³/mol. The van der Waals surface area contributed by atoms with Crippen LogP contribution in [0.5, 0.6) is 0 Å². The molecule has 0 aromatic heterocycles. The maximum Gasteiger partial charge on any atom is 0.431 e. The van der Waals surface area contributed by atoms with Gasteiger partial charge in [-0.3, -0.25) is 9.80 Å². The lowest BCUT2D eigenvalue weighted by Gasteiger charge is -2.24. The highest BCUT2D eigenvalue weighted by molar-refractivity contribution is 8.12. The van der Waals surface area contributed by atoms with Crippen molar-refractivity contribution >= 4 is 33.8 Å². The van der Waals surface area contributed by atoms with Gasteiger partial charge in [-0.15, -0.1) is 0 Å². The second-order valence-electron chi connectivity index (χ2n) is 8.21. The van der Waals surface area contributed by atoms with Gasteiger partial charge < -0.3 is 4.72 Å². The third kappa shape index (κ3) is 5.06. The Hall–Kier alpha value is -2.61. The number of nitrogens with zero attached hydrogens (tertiary/aromatic N) is 2. The number of anilines is 1. The van der Waals surface area contributed by atoms with Crippen LogP contribution in [0.4, 0.5) is 18.9 Å². The van der Waals surface area contributed by atoms with Gasteiger partial charge in [0.25, 0.3) is 0 Å². The maximum absolute atomic E-state index is 13.4. The average molecular weight is 462 g/mol.